The van der Waals surface area contributed by atoms with Crippen molar-refractivity contribution in [2.75, 3.05) is 19.7 Å². The van der Waals surface area contributed by atoms with E-state index in [9.17, 15) is 18.0 Å². The number of piperidine rings is 1. The zero-order chi connectivity index (χ0) is 19.8. The number of ether oxygens (including phenoxy) is 1. The number of sulfonamides is 1. The van der Waals surface area contributed by atoms with E-state index in [1.807, 2.05) is 0 Å². The highest BCUT2D eigenvalue weighted by atomic mass is 32.2. The molecule has 2 aromatic rings. The van der Waals surface area contributed by atoms with Gasteiger partial charge in [0.1, 0.15) is 0 Å². The number of aromatic nitrogens is 2. The van der Waals surface area contributed by atoms with Crippen molar-refractivity contribution in [2.45, 2.75) is 44.6 Å². The largest absolute Gasteiger partial charge is 0.450 e. The smallest absolute Gasteiger partial charge is 0.409 e. The van der Waals surface area contributed by atoms with E-state index in [0.717, 1.165) is 0 Å². The minimum atomic E-state index is -4.03. The Labute approximate surface area is 161 Å². The van der Waals surface area contributed by atoms with Gasteiger partial charge in [-0.2, -0.15) is 0 Å². The van der Waals surface area contributed by atoms with E-state index in [1.165, 1.54) is 22.7 Å². The third-order valence-electron chi connectivity index (χ3n) is 4.48. The van der Waals surface area contributed by atoms with Crippen LogP contribution in [0.1, 0.15) is 31.2 Å². The minimum Gasteiger partial charge on any atom is -0.450 e. The second kappa shape index (κ2) is 7.56. The number of rotatable bonds is 4. The lowest BCUT2D eigenvalue weighted by molar-refractivity contribution is 0.0966. The summed E-state index contributed by atoms with van der Waals surface area (Å²) in [4.78, 5) is 30.5. The van der Waals surface area contributed by atoms with Crippen molar-refractivity contribution in [2.24, 2.45) is 0 Å². The fourth-order valence-electron chi connectivity index (χ4n) is 3.15. The van der Waals surface area contributed by atoms with Crippen molar-refractivity contribution < 1.29 is 17.9 Å². The highest BCUT2D eigenvalue weighted by molar-refractivity contribution is 7.89. The van der Waals surface area contributed by atoms with Crippen molar-refractivity contribution >= 4 is 32.4 Å². The number of likely N-dealkylation sites (tertiary alicyclic amines) is 1. The van der Waals surface area contributed by atoms with Crippen molar-refractivity contribution in [1.29, 1.82) is 0 Å². The van der Waals surface area contributed by atoms with E-state index in [0.29, 0.717) is 43.2 Å². The molecule has 27 heavy (non-hydrogen) atoms. The Bertz CT molecular complexity index is 1020. The van der Waals surface area contributed by atoms with Crippen LogP contribution in [0.5, 0.6) is 0 Å². The molecule has 1 saturated heterocycles. The van der Waals surface area contributed by atoms with Crippen LogP contribution in [0, 0.1) is 13.8 Å². The number of hydrogen-bond acceptors (Lipinski definition) is 7. The van der Waals surface area contributed by atoms with Crippen LogP contribution >= 0.6 is 11.3 Å². The summed E-state index contributed by atoms with van der Waals surface area (Å²) < 4.78 is 34.6. The number of aryl methyl sites for hydroxylation is 2. The molecule has 3 heterocycles. The lowest BCUT2D eigenvalue weighted by atomic mass is 10.1. The maximum atomic E-state index is 12.9. The Kier molecular flexibility index (Phi) is 5.54. The number of carbonyl (C=O) groups excluding carboxylic acids is 1. The molecule has 0 radical (unpaired) electrons. The number of fused-ring (bicyclic) bond motifs is 1. The molecule has 148 valence electrons. The zero-order valence-electron chi connectivity index (χ0n) is 15.4. The van der Waals surface area contributed by atoms with Crippen molar-refractivity contribution in [3.05, 3.63) is 27.1 Å². The van der Waals surface area contributed by atoms with E-state index in [2.05, 4.69) is 9.71 Å². The van der Waals surface area contributed by atoms with Gasteiger partial charge in [0.25, 0.3) is 5.56 Å². The van der Waals surface area contributed by atoms with Gasteiger partial charge in [-0.15, -0.1) is 11.3 Å². The van der Waals surface area contributed by atoms with Crippen molar-refractivity contribution in [3.63, 3.8) is 0 Å². The molecule has 9 nitrogen and oxygen atoms in total. The number of hydrogen-bond donors (Lipinski definition) is 1. The predicted molar refractivity (Wildman–Crippen MR) is 101 cm³/mol. The molecule has 11 heteroatoms. The average molecular weight is 415 g/mol. The third-order valence-corrected chi connectivity index (χ3v) is 7.07. The third kappa shape index (κ3) is 3.85. The highest BCUT2D eigenvalue weighted by Gasteiger charge is 2.30. The highest BCUT2D eigenvalue weighted by Crippen LogP contribution is 2.18. The van der Waals surface area contributed by atoms with Crippen LogP contribution in [-0.2, 0) is 14.8 Å². The predicted octanol–water partition coefficient (Wildman–Crippen LogP) is 1.27. The van der Waals surface area contributed by atoms with Crippen LogP contribution in [0.15, 0.2) is 15.1 Å². The van der Waals surface area contributed by atoms with Gasteiger partial charge in [0, 0.05) is 30.2 Å². The maximum Gasteiger partial charge on any atom is 0.409 e. The summed E-state index contributed by atoms with van der Waals surface area (Å²) in [5.74, 6) is 0. The monoisotopic (exact) mass is 414 g/mol. The van der Waals surface area contributed by atoms with Gasteiger partial charge >= 0.3 is 6.09 Å². The first kappa shape index (κ1) is 19.8. The van der Waals surface area contributed by atoms with Crippen LogP contribution in [0.3, 0.4) is 0 Å². The molecule has 0 spiro atoms. The molecular weight excluding hydrogens is 392 g/mol. The molecule has 1 fully saturated rings. The van der Waals surface area contributed by atoms with Gasteiger partial charge in [-0.05, 0) is 33.6 Å². The van der Waals surface area contributed by atoms with Crippen molar-refractivity contribution in [1.82, 2.24) is 19.0 Å². The van der Waals surface area contributed by atoms with Crippen LogP contribution in [0.25, 0.3) is 4.96 Å². The number of thiazole rings is 1. The molecule has 0 atom stereocenters. The Balaban J connectivity index is 1.80. The molecular formula is C16H22N4O5S2. The summed E-state index contributed by atoms with van der Waals surface area (Å²) in [5, 5.41) is 1.76. The van der Waals surface area contributed by atoms with Crippen LogP contribution in [-0.4, -0.2) is 54.5 Å². The average Bonchev–Trinajstić information content (AvgIpc) is 2.96. The first-order valence-electron chi connectivity index (χ1n) is 8.66. The van der Waals surface area contributed by atoms with Gasteiger partial charge in [-0.25, -0.2) is 22.9 Å². The van der Waals surface area contributed by atoms with E-state index in [1.54, 1.807) is 24.1 Å². The molecule has 1 aliphatic rings. The standard InChI is InChI=1S/C16H22N4O5S2/c1-4-25-16(22)19-7-5-12(6-8-19)18-27(23,24)13-11(3)17-15-20(14(13)21)10(2)9-26-15/h9,12,18H,4-8H2,1-3H3. The van der Waals surface area contributed by atoms with Gasteiger partial charge < -0.3 is 9.64 Å². The van der Waals surface area contributed by atoms with Gasteiger partial charge in [-0.3, -0.25) is 9.20 Å². The van der Waals surface area contributed by atoms with Gasteiger partial charge in [0.15, 0.2) is 9.86 Å². The van der Waals surface area contributed by atoms with Gasteiger partial charge in [0.2, 0.25) is 10.0 Å². The molecule has 0 saturated carbocycles. The number of nitrogens with zero attached hydrogens (tertiary/aromatic N) is 3. The maximum absolute atomic E-state index is 12.9. The first-order valence-corrected chi connectivity index (χ1v) is 11.0. The lowest BCUT2D eigenvalue weighted by Crippen LogP contribution is -2.47. The van der Waals surface area contributed by atoms with Gasteiger partial charge in [-0.1, -0.05) is 0 Å². The summed E-state index contributed by atoms with van der Waals surface area (Å²) in [7, 11) is -4.03. The van der Waals surface area contributed by atoms with Crippen molar-refractivity contribution in [3.8, 4) is 0 Å². The van der Waals surface area contributed by atoms with E-state index >= 15 is 0 Å². The first-order chi connectivity index (χ1) is 12.7. The van der Waals surface area contributed by atoms with E-state index in [4.69, 9.17) is 4.74 Å². The lowest BCUT2D eigenvalue weighted by Gasteiger charge is -2.31. The van der Waals surface area contributed by atoms with Crippen LogP contribution in [0.4, 0.5) is 4.79 Å². The normalized spacial score (nSPS) is 16.0. The summed E-state index contributed by atoms with van der Waals surface area (Å²) in [5.41, 5.74) is 0.234. The molecule has 1 aliphatic heterocycles. The molecule has 0 unspecified atom stereocenters. The molecule has 0 aromatic carbocycles. The quantitative estimate of drug-likeness (QED) is 0.807. The molecule has 1 N–H and O–H groups in total. The summed E-state index contributed by atoms with van der Waals surface area (Å²) in [6.45, 7) is 6.08. The zero-order valence-corrected chi connectivity index (χ0v) is 17.0. The van der Waals surface area contributed by atoms with Gasteiger partial charge in [0.05, 0.1) is 12.3 Å². The van der Waals surface area contributed by atoms with E-state index in [-0.39, 0.29) is 16.6 Å². The Morgan fingerprint density at radius 3 is 2.67 bits per heavy atom. The molecule has 0 bridgehead atoms. The second-order valence-corrected chi connectivity index (χ2v) is 8.90. The number of amides is 1. The summed E-state index contributed by atoms with van der Waals surface area (Å²) in [6, 6.07) is -0.358. The fraction of sp³-hybridized carbons (Fsp3) is 0.562. The SMILES string of the molecule is CCOC(=O)N1CCC(NS(=O)(=O)c2c(C)nc3scc(C)n3c2=O)CC1. The number of nitrogens with one attached hydrogen (secondary N) is 1. The van der Waals surface area contributed by atoms with Crippen LogP contribution in [0.2, 0.25) is 0 Å². The number of carbonyl (C=O) groups is 1. The topological polar surface area (TPSA) is 110 Å². The van der Waals surface area contributed by atoms with Crippen LogP contribution < -0.4 is 10.3 Å². The Morgan fingerprint density at radius 1 is 1.37 bits per heavy atom. The fourth-order valence-corrected chi connectivity index (χ4v) is 5.60. The van der Waals surface area contributed by atoms with E-state index < -0.39 is 21.7 Å². The molecule has 2 aromatic heterocycles. The second-order valence-electron chi connectivity index (χ2n) is 6.41. The molecule has 3 rings (SSSR count). The molecule has 1 amide bonds. The minimum absolute atomic E-state index is 0.179. The molecule has 0 aliphatic carbocycles. The summed E-state index contributed by atoms with van der Waals surface area (Å²) >= 11 is 1.29. The Morgan fingerprint density at radius 2 is 2.04 bits per heavy atom. The summed E-state index contributed by atoms with van der Waals surface area (Å²) in [6.07, 6.45) is 0.507. The Hall–Kier alpha value is -1.98.